The highest BCUT2D eigenvalue weighted by molar-refractivity contribution is 5.49. The molecule has 1 fully saturated rings. The lowest BCUT2D eigenvalue weighted by Crippen LogP contribution is -2.29. The van der Waals surface area contributed by atoms with E-state index in [0.717, 1.165) is 36.4 Å². The minimum atomic E-state index is -0.849. The summed E-state index contributed by atoms with van der Waals surface area (Å²) in [6, 6.07) is 12.5. The van der Waals surface area contributed by atoms with Crippen LogP contribution >= 0.6 is 0 Å². The topological polar surface area (TPSA) is 41.9 Å². The summed E-state index contributed by atoms with van der Waals surface area (Å²) in [6.45, 7) is 2.39. The molecule has 1 saturated heterocycles. The second-order valence-corrected chi connectivity index (χ2v) is 6.56. The Balaban J connectivity index is 1.56. The predicted octanol–water partition coefficient (Wildman–Crippen LogP) is 3.47. The molecule has 0 saturated carbocycles. The number of β-amino-alcohol motifs (C(OH)–C–C–N with tert-alkyl or cyclic N) is 1. The van der Waals surface area contributed by atoms with Crippen molar-refractivity contribution in [3.63, 3.8) is 0 Å². The first-order valence-corrected chi connectivity index (χ1v) is 8.79. The number of nitrogens with zero attached hydrogens (tertiary/aromatic N) is 1. The van der Waals surface area contributed by atoms with E-state index in [0.29, 0.717) is 25.3 Å². The van der Waals surface area contributed by atoms with Gasteiger partial charge in [0, 0.05) is 23.7 Å². The molecule has 0 aromatic heterocycles. The van der Waals surface area contributed by atoms with E-state index in [-0.39, 0.29) is 11.9 Å². The third kappa shape index (κ3) is 3.22. The molecule has 5 heteroatoms. The lowest BCUT2D eigenvalue weighted by Gasteiger charge is -2.30. The summed E-state index contributed by atoms with van der Waals surface area (Å²) in [6.07, 6.45) is 1.18. The summed E-state index contributed by atoms with van der Waals surface area (Å²) in [7, 11) is 0. The third-order valence-corrected chi connectivity index (χ3v) is 4.99. The minimum Gasteiger partial charge on any atom is -0.486 e. The van der Waals surface area contributed by atoms with Crippen molar-refractivity contribution in [2.75, 3.05) is 26.3 Å². The highest BCUT2D eigenvalue weighted by Gasteiger charge is 2.32. The van der Waals surface area contributed by atoms with Crippen molar-refractivity contribution in [1.82, 2.24) is 4.90 Å². The van der Waals surface area contributed by atoms with E-state index in [4.69, 9.17) is 9.47 Å². The number of ether oxygens (including phenoxy) is 2. The zero-order chi connectivity index (χ0) is 17.2. The van der Waals surface area contributed by atoms with Gasteiger partial charge in [0.15, 0.2) is 11.5 Å². The molecule has 0 aliphatic carbocycles. The zero-order valence-corrected chi connectivity index (χ0v) is 14.0. The van der Waals surface area contributed by atoms with Crippen LogP contribution in [-0.4, -0.2) is 36.3 Å². The molecule has 2 aliphatic rings. The standard InChI is InChI=1S/C20H22FNO3/c21-16-7-2-1-5-14(16)18(23)13-22-10-4-8-17(22)15-6-3-9-19-20(15)25-12-11-24-19/h1-3,5-7,9,17-18,23H,4,8,10-13H2. The SMILES string of the molecule is OC(CN1CCCC1c1cccc2c1OCCO2)c1ccccc1F. The van der Waals surface area contributed by atoms with E-state index < -0.39 is 6.10 Å². The van der Waals surface area contributed by atoms with E-state index in [1.54, 1.807) is 18.2 Å². The van der Waals surface area contributed by atoms with Gasteiger partial charge < -0.3 is 14.6 Å². The van der Waals surface area contributed by atoms with Crippen molar-refractivity contribution in [2.24, 2.45) is 0 Å². The predicted molar refractivity (Wildman–Crippen MR) is 92.3 cm³/mol. The average molecular weight is 343 g/mol. The van der Waals surface area contributed by atoms with Gasteiger partial charge in [0.2, 0.25) is 0 Å². The lowest BCUT2D eigenvalue weighted by atomic mass is 10.0. The van der Waals surface area contributed by atoms with Crippen LogP contribution in [0.4, 0.5) is 4.39 Å². The highest BCUT2D eigenvalue weighted by Crippen LogP contribution is 2.43. The van der Waals surface area contributed by atoms with Gasteiger partial charge >= 0.3 is 0 Å². The summed E-state index contributed by atoms with van der Waals surface area (Å²) in [5, 5.41) is 10.5. The molecular formula is C20H22FNO3. The molecule has 4 rings (SSSR count). The molecule has 0 bridgehead atoms. The molecule has 4 nitrogen and oxygen atoms in total. The second-order valence-electron chi connectivity index (χ2n) is 6.56. The van der Waals surface area contributed by atoms with Gasteiger partial charge in [-0.1, -0.05) is 30.3 Å². The van der Waals surface area contributed by atoms with Crippen LogP contribution in [-0.2, 0) is 0 Å². The molecule has 0 radical (unpaired) electrons. The first-order valence-electron chi connectivity index (χ1n) is 8.79. The fourth-order valence-electron chi connectivity index (χ4n) is 3.82. The number of likely N-dealkylation sites (tertiary alicyclic amines) is 1. The molecule has 2 atom stereocenters. The van der Waals surface area contributed by atoms with E-state index in [1.165, 1.54) is 6.07 Å². The van der Waals surface area contributed by atoms with Crippen molar-refractivity contribution in [2.45, 2.75) is 25.0 Å². The lowest BCUT2D eigenvalue weighted by molar-refractivity contribution is 0.101. The fraction of sp³-hybridized carbons (Fsp3) is 0.400. The van der Waals surface area contributed by atoms with Gasteiger partial charge in [-0.15, -0.1) is 0 Å². The number of aliphatic hydroxyl groups excluding tert-OH is 1. The molecule has 1 N–H and O–H groups in total. The van der Waals surface area contributed by atoms with Crippen molar-refractivity contribution in [3.05, 3.63) is 59.4 Å². The second kappa shape index (κ2) is 7.02. The van der Waals surface area contributed by atoms with Crippen LogP contribution in [0.25, 0.3) is 0 Å². The van der Waals surface area contributed by atoms with Gasteiger partial charge in [0.25, 0.3) is 0 Å². The molecule has 2 aromatic carbocycles. The number of fused-ring (bicyclic) bond motifs is 1. The Hall–Kier alpha value is -2.11. The number of para-hydroxylation sites is 1. The van der Waals surface area contributed by atoms with Gasteiger partial charge in [0.1, 0.15) is 19.0 Å². The molecule has 0 spiro atoms. The smallest absolute Gasteiger partial charge is 0.166 e. The Morgan fingerprint density at radius 2 is 1.96 bits per heavy atom. The van der Waals surface area contributed by atoms with Crippen molar-refractivity contribution in [1.29, 1.82) is 0 Å². The summed E-state index contributed by atoms with van der Waals surface area (Å²) in [4.78, 5) is 2.21. The summed E-state index contributed by atoms with van der Waals surface area (Å²) in [5.74, 6) is 1.23. The monoisotopic (exact) mass is 343 g/mol. The Morgan fingerprint density at radius 3 is 2.84 bits per heavy atom. The molecule has 132 valence electrons. The fourth-order valence-corrected chi connectivity index (χ4v) is 3.82. The zero-order valence-electron chi connectivity index (χ0n) is 14.0. The van der Waals surface area contributed by atoms with Crippen LogP contribution < -0.4 is 9.47 Å². The normalized spacial score (nSPS) is 21.3. The Morgan fingerprint density at radius 1 is 1.12 bits per heavy atom. The van der Waals surface area contributed by atoms with Gasteiger partial charge in [-0.05, 0) is 31.5 Å². The molecule has 2 aromatic rings. The van der Waals surface area contributed by atoms with E-state index in [2.05, 4.69) is 11.0 Å². The van der Waals surface area contributed by atoms with Crippen molar-refractivity contribution < 1.29 is 19.0 Å². The maximum absolute atomic E-state index is 13.9. The number of rotatable bonds is 4. The van der Waals surface area contributed by atoms with Gasteiger partial charge in [0.05, 0.1) is 6.10 Å². The first-order chi connectivity index (χ1) is 12.2. The third-order valence-electron chi connectivity index (χ3n) is 4.99. The van der Waals surface area contributed by atoms with Gasteiger partial charge in [-0.2, -0.15) is 0 Å². The maximum atomic E-state index is 13.9. The number of hydrogen-bond donors (Lipinski definition) is 1. The molecule has 25 heavy (non-hydrogen) atoms. The first kappa shape index (κ1) is 16.4. The van der Waals surface area contributed by atoms with E-state index in [1.807, 2.05) is 12.1 Å². The Labute approximate surface area is 146 Å². The van der Waals surface area contributed by atoms with Crippen molar-refractivity contribution >= 4 is 0 Å². The van der Waals surface area contributed by atoms with E-state index >= 15 is 0 Å². The summed E-state index contributed by atoms with van der Waals surface area (Å²) < 4.78 is 25.5. The van der Waals surface area contributed by atoms with E-state index in [9.17, 15) is 9.50 Å². The Kier molecular flexibility index (Phi) is 4.59. The number of hydrogen-bond acceptors (Lipinski definition) is 4. The largest absolute Gasteiger partial charge is 0.486 e. The molecule has 0 amide bonds. The van der Waals surface area contributed by atoms with Crippen LogP contribution in [0.2, 0.25) is 0 Å². The van der Waals surface area contributed by atoms with Crippen LogP contribution in [0.1, 0.15) is 36.1 Å². The quantitative estimate of drug-likeness (QED) is 0.923. The number of benzene rings is 2. The molecule has 2 aliphatic heterocycles. The molecule has 2 heterocycles. The van der Waals surface area contributed by atoms with Gasteiger partial charge in [-0.3, -0.25) is 4.90 Å². The number of halogens is 1. The average Bonchev–Trinajstić information content (AvgIpc) is 3.09. The van der Waals surface area contributed by atoms with Crippen LogP contribution in [0.5, 0.6) is 11.5 Å². The van der Waals surface area contributed by atoms with Gasteiger partial charge in [-0.25, -0.2) is 4.39 Å². The summed E-state index contributed by atoms with van der Waals surface area (Å²) >= 11 is 0. The molecular weight excluding hydrogens is 321 g/mol. The van der Waals surface area contributed by atoms with Crippen molar-refractivity contribution in [3.8, 4) is 11.5 Å². The van der Waals surface area contributed by atoms with Crippen LogP contribution in [0.3, 0.4) is 0 Å². The Bertz CT molecular complexity index is 751. The highest BCUT2D eigenvalue weighted by atomic mass is 19.1. The van der Waals surface area contributed by atoms with Crippen LogP contribution in [0, 0.1) is 5.82 Å². The summed E-state index contributed by atoms with van der Waals surface area (Å²) in [5.41, 5.74) is 1.44. The number of aliphatic hydroxyl groups is 1. The molecule has 2 unspecified atom stereocenters. The minimum absolute atomic E-state index is 0.151. The van der Waals surface area contributed by atoms with Crippen LogP contribution in [0.15, 0.2) is 42.5 Å². The maximum Gasteiger partial charge on any atom is 0.166 e.